The van der Waals surface area contributed by atoms with Crippen molar-refractivity contribution in [3.05, 3.63) is 34.3 Å². The number of aliphatic hydroxyl groups is 1. The Morgan fingerprint density at radius 2 is 2.20 bits per heavy atom. The largest absolute Gasteiger partial charge is 0.481 e. The van der Waals surface area contributed by atoms with E-state index in [1.807, 2.05) is 12.1 Å². The lowest BCUT2D eigenvalue weighted by molar-refractivity contribution is -0.138. The monoisotopic (exact) mass is 272 g/mol. The Balaban J connectivity index is 2.80. The molecule has 0 amide bonds. The van der Waals surface area contributed by atoms with Gasteiger partial charge in [-0.25, -0.2) is 0 Å². The molecule has 0 bridgehead atoms. The molecule has 4 heteroatoms. The highest BCUT2D eigenvalue weighted by atomic mass is 79.9. The molecule has 15 heavy (non-hydrogen) atoms. The molecule has 0 saturated carbocycles. The third-order valence-corrected chi connectivity index (χ3v) is 2.77. The van der Waals surface area contributed by atoms with Crippen molar-refractivity contribution >= 4 is 21.9 Å². The van der Waals surface area contributed by atoms with Gasteiger partial charge in [0, 0.05) is 10.9 Å². The van der Waals surface area contributed by atoms with Gasteiger partial charge in [0.05, 0.1) is 5.60 Å². The van der Waals surface area contributed by atoms with Crippen LogP contribution in [0, 0.1) is 0 Å². The summed E-state index contributed by atoms with van der Waals surface area (Å²) < 4.78 is 0.871. The van der Waals surface area contributed by atoms with Crippen molar-refractivity contribution in [3.8, 4) is 0 Å². The van der Waals surface area contributed by atoms with Crippen LogP contribution >= 0.6 is 15.9 Å². The third-order valence-electron chi connectivity index (χ3n) is 2.27. The molecular formula is C11H13BrO3. The normalized spacial score (nSPS) is 14.6. The second-order valence-electron chi connectivity index (χ2n) is 3.68. The average Bonchev–Trinajstić information content (AvgIpc) is 2.15. The maximum atomic E-state index is 10.4. The summed E-state index contributed by atoms with van der Waals surface area (Å²) in [5, 5.41) is 18.6. The van der Waals surface area contributed by atoms with E-state index in [1.165, 1.54) is 0 Å². The zero-order valence-corrected chi connectivity index (χ0v) is 9.99. The van der Waals surface area contributed by atoms with Crippen molar-refractivity contribution in [3.63, 3.8) is 0 Å². The molecule has 1 aromatic rings. The van der Waals surface area contributed by atoms with Crippen molar-refractivity contribution in [1.29, 1.82) is 0 Å². The molecule has 0 fully saturated rings. The summed E-state index contributed by atoms with van der Waals surface area (Å²) in [5.41, 5.74) is -0.375. The molecule has 0 aliphatic rings. The molecule has 0 spiro atoms. The van der Waals surface area contributed by atoms with Crippen molar-refractivity contribution in [2.75, 3.05) is 0 Å². The summed E-state index contributed by atoms with van der Waals surface area (Å²) in [5.74, 6) is -0.898. The standard InChI is InChI=1S/C11H13BrO3/c1-11(15,6-5-10(13)14)8-3-2-4-9(12)7-8/h2-4,7,15H,5-6H2,1H3,(H,13,14). The van der Waals surface area contributed by atoms with E-state index in [2.05, 4.69) is 15.9 Å². The lowest BCUT2D eigenvalue weighted by atomic mass is 9.91. The van der Waals surface area contributed by atoms with Crippen molar-refractivity contribution in [2.45, 2.75) is 25.4 Å². The molecule has 1 rings (SSSR count). The van der Waals surface area contributed by atoms with Crippen molar-refractivity contribution in [1.82, 2.24) is 0 Å². The number of halogens is 1. The van der Waals surface area contributed by atoms with Crippen molar-refractivity contribution in [2.24, 2.45) is 0 Å². The molecular weight excluding hydrogens is 260 g/mol. The molecule has 0 aliphatic heterocycles. The number of benzene rings is 1. The van der Waals surface area contributed by atoms with Gasteiger partial charge in [0.25, 0.3) is 0 Å². The second kappa shape index (κ2) is 4.77. The summed E-state index contributed by atoms with van der Waals surface area (Å²) in [6, 6.07) is 7.25. The van der Waals surface area contributed by atoms with E-state index in [1.54, 1.807) is 19.1 Å². The minimum Gasteiger partial charge on any atom is -0.481 e. The Bertz CT molecular complexity index is 361. The molecule has 0 aliphatic carbocycles. The zero-order chi connectivity index (χ0) is 11.5. The molecule has 1 unspecified atom stereocenters. The lowest BCUT2D eigenvalue weighted by Crippen LogP contribution is -2.22. The van der Waals surface area contributed by atoms with Crippen LogP contribution in [-0.2, 0) is 10.4 Å². The average molecular weight is 273 g/mol. The molecule has 1 atom stereocenters. The maximum Gasteiger partial charge on any atom is 0.303 e. The summed E-state index contributed by atoms with van der Waals surface area (Å²) in [6.07, 6.45) is 0.165. The number of aliphatic carboxylic acids is 1. The van der Waals surface area contributed by atoms with Crippen LogP contribution in [0.1, 0.15) is 25.3 Å². The number of carbonyl (C=O) groups is 1. The van der Waals surface area contributed by atoms with Gasteiger partial charge in [-0.1, -0.05) is 28.1 Å². The van der Waals surface area contributed by atoms with Gasteiger partial charge < -0.3 is 10.2 Å². The van der Waals surface area contributed by atoms with Crippen molar-refractivity contribution < 1.29 is 15.0 Å². The van der Waals surface area contributed by atoms with Crippen LogP contribution in [0.3, 0.4) is 0 Å². The topological polar surface area (TPSA) is 57.5 Å². The fraction of sp³-hybridized carbons (Fsp3) is 0.364. The molecule has 0 heterocycles. The van der Waals surface area contributed by atoms with Gasteiger partial charge in [0.2, 0.25) is 0 Å². The predicted molar refractivity (Wildman–Crippen MR) is 60.6 cm³/mol. The van der Waals surface area contributed by atoms with Gasteiger partial charge in [0.15, 0.2) is 0 Å². The van der Waals surface area contributed by atoms with Gasteiger partial charge in [0.1, 0.15) is 0 Å². The fourth-order valence-electron chi connectivity index (χ4n) is 1.32. The smallest absolute Gasteiger partial charge is 0.303 e. The van der Waals surface area contributed by atoms with Crippen LogP contribution in [0.5, 0.6) is 0 Å². The number of hydrogen-bond donors (Lipinski definition) is 2. The van der Waals surface area contributed by atoms with Crippen LogP contribution in [0.15, 0.2) is 28.7 Å². The maximum absolute atomic E-state index is 10.4. The van der Waals surface area contributed by atoms with E-state index in [-0.39, 0.29) is 12.8 Å². The Labute approximate surface area is 96.9 Å². The summed E-state index contributed by atoms with van der Waals surface area (Å²) in [4.78, 5) is 10.4. The van der Waals surface area contributed by atoms with E-state index >= 15 is 0 Å². The van der Waals surface area contributed by atoms with Crippen LogP contribution in [0.2, 0.25) is 0 Å². The molecule has 0 aromatic heterocycles. The quantitative estimate of drug-likeness (QED) is 0.886. The summed E-state index contributed by atoms with van der Waals surface area (Å²) in [6.45, 7) is 1.62. The highest BCUT2D eigenvalue weighted by Gasteiger charge is 2.23. The second-order valence-corrected chi connectivity index (χ2v) is 4.59. The predicted octanol–water partition coefficient (Wildman–Crippen LogP) is 2.52. The molecule has 1 aromatic carbocycles. The van der Waals surface area contributed by atoms with Gasteiger partial charge in [-0.3, -0.25) is 4.79 Å². The van der Waals surface area contributed by atoms with Gasteiger partial charge in [-0.2, -0.15) is 0 Å². The van der Waals surface area contributed by atoms with E-state index in [9.17, 15) is 9.90 Å². The summed E-state index contributed by atoms with van der Waals surface area (Å²) in [7, 11) is 0. The van der Waals surface area contributed by atoms with Crippen LogP contribution in [-0.4, -0.2) is 16.2 Å². The molecule has 3 nitrogen and oxygen atoms in total. The zero-order valence-electron chi connectivity index (χ0n) is 8.40. The number of hydrogen-bond acceptors (Lipinski definition) is 2. The van der Waals surface area contributed by atoms with Gasteiger partial charge >= 0.3 is 5.97 Å². The minimum absolute atomic E-state index is 0.0421. The Morgan fingerprint density at radius 1 is 1.53 bits per heavy atom. The Kier molecular flexibility index (Phi) is 3.88. The van der Waals surface area contributed by atoms with Crippen LogP contribution in [0.4, 0.5) is 0 Å². The Morgan fingerprint density at radius 3 is 2.73 bits per heavy atom. The SMILES string of the molecule is CC(O)(CCC(=O)O)c1cccc(Br)c1. The van der Waals surface area contributed by atoms with E-state index < -0.39 is 11.6 Å². The number of rotatable bonds is 4. The first-order valence-corrected chi connectivity index (χ1v) is 5.41. The first kappa shape index (κ1) is 12.2. The number of carboxylic acids is 1. The highest BCUT2D eigenvalue weighted by Crippen LogP contribution is 2.27. The Hall–Kier alpha value is -0.870. The number of carboxylic acid groups (broad SMARTS) is 1. The summed E-state index contributed by atoms with van der Waals surface area (Å²) >= 11 is 3.31. The molecule has 2 N–H and O–H groups in total. The van der Waals surface area contributed by atoms with Gasteiger partial charge in [-0.15, -0.1) is 0 Å². The first-order chi connectivity index (χ1) is 6.92. The molecule has 0 saturated heterocycles. The van der Waals surface area contributed by atoms with E-state index in [0.29, 0.717) is 0 Å². The fourth-order valence-corrected chi connectivity index (χ4v) is 1.72. The van der Waals surface area contributed by atoms with Crippen LogP contribution in [0.25, 0.3) is 0 Å². The van der Waals surface area contributed by atoms with E-state index in [4.69, 9.17) is 5.11 Å². The molecule has 0 radical (unpaired) electrons. The third kappa shape index (κ3) is 3.64. The molecule has 82 valence electrons. The van der Waals surface area contributed by atoms with Crippen LogP contribution < -0.4 is 0 Å². The van der Waals surface area contributed by atoms with Gasteiger partial charge in [-0.05, 0) is 31.0 Å². The lowest BCUT2D eigenvalue weighted by Gasteiger charge is -2.23. The first-order valence-electron chi connectivity index (χ1n) is 4.62. The van der Waals surface area contributed by atoms with E-state index in [0.717, 1.165) is 10.0 Å². The minimum atomic E-state index is -1.10. The highest BCUT2D eigenvalue weighted by molar-refractivity contribution is 9.10.